The molecule has 0 spiro atoms. The highest BCUT2D eigenvalue weighted by Gasteiger charge is 2.69. The lowest BCUT2D eigenvalue weighted by Crippen LogP contribution is -2.84. The van der Waals surface area contributed by atoms with Gasteiger partial charge in [-0.1, -0.05) is 28.4 Å². The summed E-state index contributed by atoms with van der Waals surface area (Å²) < 4.78 is 16.6. The molecule has 1 unspecified atom stereocenters. The molecule has 3 aliphatic carbocycles. The number of rotatable bonds is 7. The molecule has 4 aliphatic rings. The number of nitrogens with zero attached hydrogens (tertiary/aromatic N) is 2. The van der Waals surface area contributed by atoms with E-state index in [1.54, 1.807) is 43.3 Å². The van der Waals surface area contributed by atoms with Crippen molar-refractivity contribution in [2.24, 2.45) is 0 Å². The van der Waals surface area contributed by atoms with Gasteiger partial charge in [0.25, 0.3) is 17.7 Å². The number of halogens is 2. The zero-order chi connectivity index (χ0) is 28.2. The summed E-state index contributed by atoms with van der Waals surface area (Å²) in [6.07, 6.45) is 2.24. The largest absolute Gasteiger partial charge is 0.484 e. The van der Waals surface area contributed by atoms with Crippen LogP contribution in [0.2, 0.25) is 10.0 Å². The molecule has 1 aliphatic heterocycles. The highest BCUT2D eigenvalue weighted by Crippen LogP contribution is 2.60. The molecule has 208 valence electrons. The molecule has 3 amide bonds. The van der Waals surface area contributed by atoms with Gasteiger partial charge in [0.1, 0.15) is 22.8 Å². The van der Waals surface area contributed by atoms with Gasteiger partial charge in [-0.3, -0.25) is 14.4 Å². The molecule has 2 N–H and O–H groups in total. The normalized spacial score (nSPS) is 24.1. The standard InChI is InChI=1S/C28H26Cl2N4O6/c1-15-7-18(4-5-20(15)30)38-11-24(35)32-27-12-28(13-27,14-27)33-25(36)23-10-34(26(37)19-9-31-40-16(19)2)21-8-17(29)3-6-22(21)39-23/h3-9,23H,10-14H2,1-2H3,(H,32,35)(H,33,36). The minimum atomic E-state index is -0.936. The quantitative estimate of drug-likeness (QED) is 0.430. The Morgan fingerprint density at radius 3 is 2.52 bits per heavy atom. The number of aryl methyl sites for hydroxylation is 2. The fourth-order valence-electron chi connectivity index (χ4n) is 5.82. The van der Waals surface area contributed by atoms with E-state index in [1.807, 2.05) is 6.92 Å². The Morgan fingerprint density at radius 1 is 1.07 bits per heavy atom. The first kappa shape index (κ1) is 26.5. The van der Waals surface area contributed by atoms with Crippen molar-refractivity contribution in [1.29, 1.82) is 0 Å². The van der Waals surface area contributed by atoms with Crippen molar-refractivity contribution < 1.29 is 28.4 Å². The molecule has 2 bridgehead atoms. The van der Waals surface area contributed by atoms with E-state index in [0.29, 0.717) is 57.8 Å². The zero-order valence-corrected chi connectivity index (χ0v) is 23.3. The van der Waals surface area contributed by atoms with Crippen LogP contribution in [-0.4, -0.2) is 53.2 Å². The van der Waals surface area contributed by atoms with Crippen LogP contribution in [0.4, 0.5) is 5.69 Å². The molecule has 1 aromatic heterocycles. The fourth-order valence-corrected chi connectivity index (χ4v) is 6.10. The van der Waals surface area contributed by atoms with E-state index < -0.39 is 11.6 Å². The topological polar surface area (TPSA) is 123 Å². The van der Waals surface area contributed by atoms with E-state index >= 15 is 0 Å². The summed E-state index contributed by atoms with van der Waals surface area (Å²) in [5.74, 6) is 0.386. The number of hydrogen-bond donors (Lipinski definition) is 2. The van der Waals surface area contributed by atoms with Crippen molar-refractivity contribution in [1.82, 2.24) is 15.8 Å². The van der Waals surface area contributed by atoms with Gasteiger partial charge in [-0.15, -0.1) is 0 Å². The molecule has 3 aromatic rings. The van der Waals surface area contributed by atoms with Crippen molar-refractivity contribution in [2.75, 3.05) is 18.1 Å². The van der Waals surface area contributed by atoms with Crippen LogP contribution in [0, 0.1) is 13.8 Å². The molecule has 7 rings (SSSR count). The molecule has 40 heavy (non-hydrogen) atoms. The van der Waals surface area contributed by atoms with E-state index in [-0.39, 0.29) is 36.4 Å². The Balaban J connectivity index is 1.06. The first-order valence-corrected chi connectivity index (χ1v) is 13.5. The van der Waals surface area contributed by atoms with E-state index in [1.165, 1.54) is 11.1 Å². The van der Waals surface area contributed by atoms with Crippen molar-refractivity contribution in [3.8, 4) is 11.5 Å². The summed E-state index contributed by atoms with van der Waals surface area (Å²) >= 11 is 12.2. The first-order valence-electron chi connectivity index (χ1n) is 12.8. The van der Waals surface area contributed by atoms with Gasteiger partial charge in [-0.25, -0.2) is 0 Å². The fraction of sp³-hybridized carbons (Fsp3) is 0.357. The summed E-state index contributed by atoms with van der Waals surface area (Å²) in [5, 5.41) is 10.9. The van der Waals surface area contributed by atoms with Gasteiger partial charge in [0, 0.05) is 21.1 Å². The minimum Gasteiger partial charge on any atom is -0.484 e. The number of ether oxygens (including phenoxy) is 2. The highest BCUT2D eigenvalue weighted by atomic mass is 35.5. The second-order valence-corrected chi connectivity index (χ2v) is 11.6. The molecule has 10 nitrogen and oxygen atoms in total. The van der Waals surface area contributed by atoms with Crippen LogP contribution in [-0.2, 0) is 9.59 Å². The molecule has 3 fully saturated rings. The Bertz CT molecular complexity index is 1520. The lowest BCUT2D eigenvalue weighted by molar-refractivity contribution is -0.153. The Hall–Kier alpha value is -3.76. The van der Waals surface area contributed by atoms with Crippen LogP contribution in [0.1, 0.15) is 40.9 Å². The van der Waals surface area contributed by atoms with Gasteiger partial charge in [0.15, 0.2) is 12.7 Å². The van der Waals surface area contributed by atoms with Crippen molar-refractivity contribution in [2.45, 2.75) is 50.3 Å². The maximum atomic E-state index is 13.3. The predicted molar refractivity (Wildman–Crippen MR) is 146 cm³/mol. The number of carbonyl (C=O) groups is 3. The number of amides is 3. The summed E-state index contributed by atoms with van der Waals surface area (Å²) in [6, 6.07) is 10.1. The van der Waals surface area contributed by atoms with Crippen LogP contribution in [0.3, 0.4) is 0 Å². The SMILES string of the molecule is Cc1cc(OCC(=O)NC23CC(NC(=O)C4CN(C(=O)c5cnoc5C)c5cc(Cl)ccc5O4)(C2)C3)ccc1Cl. The third kappa shape index (κ3) is 4.75. The third-order valence-electron chi connectivity index (χ3n) is 7.67. The molecule has 0 radical (unpaired) electrons. The van der Waals surface area contributed by atoms with Crippen molar-refractivity contribution in [3.05, 3.63) is 69.5 Å². The number of fused-ring (bicyclic) bond motifs is 1. The minimum absolute atomic E-state index is 0.0118. The monoisotopic (exact) mass is 584 g/mol. The lowest BCUT2D eigenvalue weighted by Gasteiger charge is -2.70. The number of benzene rings is 2. The Labute approximate surface area is 239 Å². The molecule has 3 saturated carbocycles. The van der Waals surface area contributed by atoms with Crippen molar-refractivity contribution >= 4 is 46.6 Å². The van der Waals surface area contributed by atoms with Crippen LogP contribution in [0.25, 0.3) is 0 Å². The first-order chi connectivity index (χ1) is 19.1. The second-order valence-electron chi connectivity index (χ2n) is 10.8. The number of nitrogens with one attached hydrogen (secondary N) is 2. The van der Waals surface area contributed by atoms with E-state index in [2.05, 4.69) is 15.8 Å². The van der Waals surface area contributed by atoms with Crippen LogP contribution in [0.15, 0.2) is 47.1 Å². The molecule has 0 saturated heterocycles. The number of carbonyl (C=O) groups excluding carboxylic acids is 3. The maximum Gasteiger partial charge on any atom is 0.263 e. The van der Waals surface area contributed by atoms with Gasteiger partial charge in [0.05, 0.1) is 18.4 Å². The van der Waals surface area contributed by atoms with Gasteiger partial charge < -0.3 is 29.5 Å². The summed E-state index contributed by atoms with van der Waals surface area (Å²) in [5.41, 5.74) is 0.854. The Morgan fingerprint density at radius 2 is 1.82 bits per heavy atom. The van der Waals surface area contributed by atoms with Crippen LogP contribution < -0.4 is 25.0 Å². The van der Waals surface area contributed by atoms with Crippen molar-refractivity contribution in [3.63, 3.8) is 0 Å². The summed E-state index contributed by atoms with van der Waals surface area (Å²) in [7, 11) is 0. The maximum absolute atomic E-state index is 13.3. The van der Waals surface area contributed by atoms with E-state index in [0.717, 1.165) is 5.56 Å². The van der Waals surface area contributed by atoms with Gasteiger partial charge >= 0.3 is 0 Å². The second kappa shape index (κ2) is 9.71. The number of anilines is 1. The van der Waals surface area contributed by atoms with Crippen LogP contribution >= 0.6 is 23.2 Å². The number of aromatic nitrogens is 1. The van der Waals surface area contributed by atoms with E-state index in [4.69, 9.17) is 37.2 Å². The lowest BCUT2D eigenvalue weighted by atomic mass is 9.44. The van der Waals surface area contributed by atoms with Gasteiger partial charge in [0.2, 0.25) is 0 Å². The summed E-state index contributed by atoms with van der Waals surface area (Å²) in [6.45, 7) is 3.38. The Kier molecular flexibility index (Phi) is 6.42. The molecule has 1 atom stereocenters. The smallest absolute Gasteiger partial charge is 0.263 e. The van der Waals surface area contributed by atoms with Gasteiger partial charge in [-0.2, -0.15) is 0 Å². The van der Waals surface area contributed by atoms with Gasteiger partial charge in [-0.05, 0) is 75.1 Å². The summed E-state index contributed by atoms with van der Waals surface area (Å²) in [4.78, 5) is 40.6. The van der Waals surface area contributed by atoms with Crippen LogP contribution in [0.5, 0.6) is 11.5 Å². The molecule has 2 aromatic carbocycles. The average Bonchev–Trinajstić information content (AvgIpc) is 3.32. The average molecular weight is 585 g/mol. The number of hydrogen-bond acceptors (Lipinski definition) is 7. The third-order valence-corrected chi connectivity index (χ3v) is 8.33. The molecular weight excluding hydrogens is 559 g/mol. The highest BCUT2D eigenvalue weighted by molar-refractivity contribution is 6.31. The van der Waals surface area contributed by atoms with E-state index in [9.17, 15) is 14.4 Å². The molecule has 12 heteroatoms. The molecule has 2 heterocycles. The zero-order valence-electron chi connectivity index (χ0n) is 21.8. The molecular formula is C28H26Cl2N4O6. The predicted octanol–water partition coefficient (Wildman–Crippen LogP) is 3.99.